The van der Waals surface area contributed by atoms with Crippen molar-refractivity contribution in [1.29, 1.82) is 0 Å². The van der Waals surface area contributed by atoms with E-state index in [9.17, 15) is 9.90 Å². The van der Waals surface area contributed by atoms with Crippen molar-refractivity contribution in [3.05, 3.63) is 23.3 Å². The summed E-state index contributed by atoms with van der Waals surface area (Å²) in [4.78, 5) is 12.1. The molecule has 2 N–H and O–H groups in total. The Hall–Kier alpha value is -1.22. The molecule has 0 spiro atoms. The Morgan fingerprint density at radius 3 is 1.91 bits per heavy atom. The SMILES string of the molecule is CC(C)(C)c1cc(NC(=O)CCCCCl)cc(C(C)(C)C)c1O. The largest absolute Gasteiger partial charge is 0.507 e. The van der Waals surface area contributed by atoms with E-state index < -0.39 is 0 Å². The standard InChI is InChI=1S/C19H30ClNO2/c1-18(2,3)14-11-13(21-16(22)9-7-8-10-20)12-15(17(14)23)19(4,5)6/h11-12,23H,7-10H2,1-6H3,(H,21,22). The van der Waals surface area contributed by atoms with Gasteiger partial charge >= 0.3 is 0 Å². The molecule has 0 unspecified atom stereocenters. The van der Waals surface area contributed by atoms with Gasteiger partial charge in [-0.3, -0.25) is 4.79 Å². The average molecular weight is 340 g/mol. The third kappa shape index (κ3) is 5.72. The van der Waals surface area contributed by atoms with Gasteiger partial charge in [-0.2, -0.15) is 0 Å². The predicted molar refractivity (Wildman–Crippen MR) is 98.7 cm³/mol. The molecule has 0 saturated heterocycles. The topological polar surface area (TPSA) is 49.3 Å². The minimum Gasteiger partial charge on any atom is -0.507 e. The number of halogens is 1. The van der Waals surface area contributed by atoms with E-state index >= 15 is 0 Å². The summed E-state index contributed by atoms with van der Waals surface area (Å²) in [6, 6.07) is 3.76. The Kier molecular flexibility index (Phi) is 6.52. The second-order valence-corrected chi connectivity index (χ2v) is 8.49. The van der Waals surface area contributed by atoms with Crippen LogP contribution in [0.15, 0.2) is 12.1 Å². The highest BCUT2D eigenvalue weighted by Crippen LogP contribution is 2.41. The molecule has 0 aliphatic rings. The van der Waals surface area contributed by atoms with Crippen LogP contribution in [-0.2, 0) is 15.6 Å². The minimum absolute atomic E-state index is 0.0134. The van der Waals surface area contributed by atoms with Crippen molar-refractivity contribution in [2.24, 2.45) is 0 Å². The van der Waals surface area contributed by atoms with Gasteiger partial charge in [0.25, 0.3) is 0 Å². The summed E-state index contributed by atoms with van der Waals surface area (Å²) in [7, 11) is 0. The normalized spacial score (nSPS) is 12.3. The zero-order chi connectivity index (χ0) is 17.8. The highest BCUT2D eigenvalue weighted by atomic mass is 35.5. The Morgan fingerprint density at radius 1 is 1.04 bits per heavy atom. The molecule has 0 atom stereocenters. The monoisotopic (exact) mass is 339 g/mol. The van der Waals surface area contributed by atoms with Crippen LogP contribution < -0.4 is 5.32 Å². The fourth-order valence-electron chi connectivity index (χ4n) is 2.45. The van der Waals surface area contributed by atoms with Crippen LogP contribution in [0.2, 0.25) is 0 Å². The van der Waals surface area contributed by atoms with Gasteiger partial charge in [0.15, 0.2) is 0 Å². The van der Waals surface area contributed by atoms with Crippen LogP contribution in [0.1, 0.15) is 71.9 Å². The molecule has 0 aliphatic carbocycles. The number of hydrogen-bond donors (Lipinski definition) is 2. The lowest BCUT2D eigenvalue weighted by atomic mass is 9.79. The van der Waals surface area contributed by atoms with Gasteiger partial charge in [-0.15, -0.1) is 11.6 Å². The maximum Gasteiger partial charge on any atom is 0.224 e. The van der Waals surface area contributed by atoms with Crippen LogP contribution in [-0.4, -0.2) is 16.9 Å². The Balaban J connectivity index is 3.16. The fraction of sp³-hybridized carbons (Fsp3) is 0.632. The van der Waals surface area contributed by atoms with E-state index in [1.165, 1.54) is 0 Å². The van der Waals surface area contributed by atoms with Crippen molar-refractivity contribution in [3.63, 3.8) is 0 Å². The minimum atomic E-state index is -0.205. The lowest BCUT2D eigenvalue weighted by Gasteiger charge is -2.28. The number of aromatic hydroxyl groups is 1. The van der Waals surface area contributed by atoms with Crippen LogP contribution in [0.25, 0.3) is 0 Å². The van der Waals surface area contributed by atoms with Crippen LogP contribution in [0, 0.1) is 0 Å². The first-order chi connectivity index (χ1) is 10.5. The van der Waals surface area contributed by atoms with Gasteiger partial charge in [0.1, 0.15) is 5.75 Å². The van der Waals surface area contributed by atoms with Gasteiger partial charge in [0.2, 0.25) is 5.91 Å². The number of amides is 1. The number of unbranched alkanes of at least 4 members (excludes halogenated alkanes) is 1. The first-order valence-corrected chi connectivity index (χ1v) is 8.74. The van der Waals surface area contributed by atoms with Crippen LogP contribution in [0.5, 0.6) is 5.75 Å². The number of anilines is 1. The Morgan fingerprint density at radius 2 is 1.52 bits per heavy atom. The van der Waals surface area contributed by atoms with Gasteiger partial charge in [-0.1, -0.05) is 41.5 Å². The molecule has 1 rings (SSSR count). The lowest BCUT2D eigenvalue weighted by Crippen LogP contribution is -2.19. The fourth-order valence-corrected chi connectivity index (χ4v) is 2.64. The first kappa shape index (κ1) is 19.8. The van der Waals surface area contributed by atoms with Crippen LogP contribution in [0.4, 0.5) is 5.69 Å². The van der Waals surface area contributed by atoms with Crippen LogP contribution >= 0.6 is 11.6 Å². The summed E-state index contributed by atoms with van der Waals surface area (Å²) in [6.07, 6.45) is 2.08. The number of phenols is 1. The number of hydrogen-bond acceptors (Lipinski definition) is 2. The highest BCUT2D eigenvalue weighted by Gasteiger charge is 2.26. The molecule has 4 heteroatoms. The van der Waals surface area contributed by atoms with E-state index in [4.69, 9.17) is 11.6 Å². The van der Waals surface area contributed by atoms with Crippen molar-refractivity contribution < 1.29 is 9.90 Å². The summed E-state index contributed by atoms with van der Waals surface area (Å²) in [5.41, 5.74) is 2.03. The molecule has 1 amide bonds. The van der Waals surface area contributed by atoms with Gasteiger partial charge in [-0.05, 0) is 35.8 Å². The van der Waals surface area contributed by atoms with Crippen molar-refractivity contribution in [1.82, 2.24) is 0 Å². The number of phenolic OH excluding ortho intramolecular Hbond substituents is 1. The van der Waals surface area contributed by atoms with Gasteiger partial charge < -0.3 is 10.4 Å². The average Bonchev–Trinajstić information content (AvgIpc) is 2.38. The Bertz CT molecular complexity index is 518. The quantitative estimate of drug-likeness (QED) is 0.432. The van der Waals surface area contributed by atoms with E-state index in [1.54, 1.807) is 0 Å². The summed E-state index contributed by atoms with van der Waals surface area (Å²) in [5, 5.41) is 13.6. The van der Waals surface area contributed by atoms with Crippen LogP contribution in [0.3, 0.4) is 0 Å². The molecule has 1 aromatic rings. The van der Waals surface area contributed by atoms with E-state index in [0.29, 0.717) is 18.1 Å². The van der Waals surface area contributed by atoms with Crippen molar-refractivity contribution >= 4 is 23.2 Å². The van der Waals surface area contributed by atoms with Gasteiger partial charge in [-0.25, -0.2) is 0 Å². The maximum atomic E-state index is 12.1. The predicted octanol–water partition coefficient (Wildman–Crippen LogP) is 5.33. The molecule has 0 bridgehead atoms. The second kappa shape index (κ2) is 7.57. The molecule has 0 heterocycles. The van der Waals surface area contributed by atoms with Gasteiger partial charge in [0.05, 0.1) is 0 Å². The summed E-state index contributed by atoms with van der Waals surface area (Å²) in [6.45, 7) is 12.3. The molecule has 0 saturated carbocycles. The summed E-state index contributed by atoms with van der Waals surface area (Å²) >= 11 is 5.65. The maximum absolute atomic E-state index is 12.1. The zero-order valence-electron chi connectivity index (χ0n) is 15.2. The molecule has 1 aromatic carbocycles. The molecule has 3 nitrogen and oxygen atoms in total. The third-order valence-electron chi connectivity index (χ3n) is 3.80. The van der Waals surface area contributed by atoms with Crippen molar-refractivity contribution in [2.75, 3.05) is 11.2 Å². The third-order valence-corrected chi connectivity index (χ3v) is 4.06. The summed E-state index contributed by atoms with van der Waals surface area (Å²) < 4.78 is 0. The van der Waals surface area contributed by atoms with Crippen molar-refractivity contribution in [2.45, 2.75) is 71.6 Å². The van der Waals surface area contributed by atoms with E-state index in [-0.39, 0.29) is 16.7 Å². The number of alkyl halides is 1. The summed E-state index contributed by atoms with van der Waals surface area (Å²) in [5.74, 6) is 0.889. The highest BCUT2D eigenvalue weighted by molar-refractivity contribution is 6.17. The second-order valence-electron chi connectivity index (χ2n) is 8.11. The molecular formula is C19H30ClNO2. The molecule has 0 radical (unpaired) electrons. The number of rotatable bonds is 5. The molecule has 23 heavy (non-hydrogen) atoms. The number of benzene rings is 1. The molecule has 130 valence electrons. The molecular weight excluding hydrogens is 310 g/mol. The number of nitrogens with one attached hydrogen (secondary N) is 1. The van der Waals surface area contributed by atoms with E-state index in [1.807, 2.05) is 12.1 Å². The Labute approximate surface area is 145 Å². The van der Waals surface area contributed by atoms with E-state index in [2.05, 4.69) is 46.9 Å². The zero-order valence-corrected chi connectivity index (χ0v) is 16.0. The van der Waals surface area contributed by atoms with E-state index in [0.717, 1.165) is 29.7 Å². The first-order valence-electron chi connectivity index (χ1n) is 8.20. The molecule has 0 aliphatic heterocycles. The lowest BCUT2D eigenvalue weighted by molar-refractivity contribution is -0.116. The number of carbonyl (C=O) groups excluding carboxylic acids is 1. The number of carbonyl (C=O) groups is 1. The van der Waals surface area contributed by atoms with Gasteiger partial charge in [0, 0.05) is 29.1 Å². The molecule has 0 fully saturated rings. The smallest absolute Gasteiger partial charge is 0.224 e. The molecule has 0 aromatic heterocycles. The van der Waals surface area contributed by atoms with Crippen molar-refractivity contribution in [3.8, 4) is 5.75 Å².